The maximum atomic E-state index is 12.2. The summed E-state index contributed by atoms with van der Waals surface area (Å²) in [5, 5.41) is 5.28. The lowest BCUT2D eigenvalue weighted by Gasteiger charge is -2.04. The van der Waals surface area contributed by atoms with Gasteiger partial charge in [-0.1, -0.05) is 29.8 Å². The first-order valence-corrected chi connectivity index (χ1v) is 6.87. The summed E-state index contributed by atoms with van der Waals surface area (Å²) in [6.07, 6.45) is 0. The summed E-state index contributed by atoms with van der Waals surface area (Å²) in [6.45, 7) is 3.45. The smallest absolute Gasteiger partial charge is 0.291 e. The van der Waals surface area contributed by atoms with Crippen molar-refractivity contribution in [2.75, 3.05) is 5.32 Å². The number of H-pyrrole nitrogens is 1. The van der Waals surface area contributed by atoms with Crippen LogP contribution in [0, 0.1) is 13.8 Å². The molecule has 2 aromatic heterocycles. The number of anilines is 1. The molecule has 0 unspecified atom stereocenters. The topological polar surface area (TPSA) is 92.2 Å². The van der Waals surface area contributed by atoms with E-state index < -0.39 is 5.56 Å². The molecule has 0 aliphatic rings. The standard InChI is InChI=1S/C14H12ClN5O2/c1-7-5-3-4-6-9(7)11(21)17-13-18-14-16-8(2)10(15)12(22)20(14)19-13/h3-6H,1-2H3,(H2,16,17,18,19,21). The molecular weight excluding hydrogens is 306 g/mol. The number of aromatic nitrogens is 4. The maximum absolute atomic E-state index is 12.2. The van der Waals surface area contributed by atoms with Gasteiger partial charge in [0.15, 0.2) is 0 Å². The Morgan fingerprint density at radius 3 is 2.73 bits per heavy atom. The van der Waals surface area contributed by atoms with E-state index in [1.165, 1.54) is 0 Å². The molecule has 0 spiro atoms. The second kappa shape index (κ2) is 5.27. The lowest BCUT2D eigenvalue weighted by Crippen LogP contribution is -2.18. The number of hydrogen-bond donors (Lipinski definition) is 2. The van der Waals surface area contributed by atoms with E-state index in [4.69, 9.17) is 11.6 Å². The predicted octanol–water partition coefficient (Wildman–Crippen LogP) is 1.94. The Bertz CT molecular complexity index is 944. The number of amides is 1. The van der Waals surface area contributed by atoms with Gasteiger partial charge in [-0.05, 0) is 25.5 Å². The van der Waals surface area contributed by atoms with Crippen LogP contribution in [-0.2, 0) is 0 Å². The first-order valence-electron chi connectivity index (χ1n) is 6.49. The molecule has 1 amide bonds. The fourth-order valence-corrected chi connectivity index (χ4v) is 2.18. The third-order valence-corrected chi connectivity index (χ3v) is 3.66. The number of aromatic amines is 1. The third-order valence-electron chi connectivity index (χ3n) is 3.23. The van der Waals surface area contributed by atoms with Crippen LogP contribution in [-0.4, -0.2) is 25.5 Å². The maximum Gasteiger partial charge on any atom is 0.293 e. The lowest BCUT2D eigenvalue weighted by atomic mass is 10.1. The van der Waals surface area contributed by atoms with Crippen molar-refractivity contribution in [2.24, 2.45) is 0 Å². The van der Waals surface area contributed by atoms with Crippen molar-refractivity contribution in [3.05, 3.63) is 56.5 Å². The van der Waals surface area contributed by atoms with E-state index in [1.54, 1.807) is 19.1 Å². The van der Waals surface area contributed by atoms with E-state index in [1.807, 2.05) is 19.1 Å². The molecule has 0 bridgehead atoms. The summed E-state index contributed by atoms with van der Waals surface area (Å²) in [4.78, 5) is 32.4. The molecule has 1 aromatic carbocycles. The molecule has 7 nitrogen and oxygen atoms in total. The molecule has 22 heavy (non-hydrogen) atoms. The largest absolute Gasteiger partial charge is 0.293 e. The highest BCUT2D eigenvalue weighted by molar-refractivity contribution is 6.31. The van der Waals surface area contributed by atoms with Crippen LogP contribution >= 0.6 is 11.6 Å². The Morgan fingerprint density at radius 1 is 1.27 bits per heavy atom. The summed E-state index contributed by atoms with van der Waals surface area (Å²) in [7, 11) is 0. The Hall–Kier alpha value is -2.67. The molecule has 0 aliphatic heterocycles. The van der Waals surface area contributed by atoms with Gasteiger partial charge in [-0.25, -0.2) is 4.98 Å². The van der Waals surface area contributed by atoms with E-state index in [0.717, 1.165) is 10.1 Å². The Balaban J connectivity index is 1.99. The minimum atomic E-state index is -0.465. The van der Waals surface area contributed by atoms with Gasteiger partial charge in [0.2, 0.25) is 5.95 Å². The molecule has 112 valence electrons. The molecule has 8 heteroatoms. The third kappa shape index (κ3) is 2.35. The van der Waals surface area contributed by atoms with Gasteiger partial charge in [-0.15, -0.1) is 0 Å². The first kappa shape index (κ1) is 14.3. The van der Waals surface area contributed by atoms with Gasteiger partial charge < -0.3 is 0 Å². The second-order valence-corrected chi connectivity index (χ2v) is 5.17. The molecule has 0 radical (unpaired) electrons. The van der Waals surface area contributed by atoms with Crippen LogP contribution in [0.5, 0.6) is 0 Å². The van der Waals surface area contributed by atoms with Gasteiger partial charge in [0.1, 0.15) is 5.02 Å². The van der Waals surface area contributed by atoms with Crippen LogP contribution in [0.2, 0.25) is 5.02 Å². The van der Waals surface area contributed by atoms with Crippen molar-refractivity contribution in [2.45, 2.75) is 13.8 Å². The van der Waals surface area contributed by atoms with Crippen LogP contribution < -0.4 is 10.9 Å². The van der Waals surface area contributed by atoms with Crippen molar-refractivity contribution < 1.29 is 4.79 Å². The normalized spacial score (nSPS) is 10.9. The zero-order valence-corrected chi connectivity index (χ0v) is 12.6. The van der Waals surface area contributed by atoms with E-state index in [2.05, 4.69) is 20.4 Å². The average Bonchev–Trinajstić information content (AvgIpc) is 2.87. The molecule has 2 heterocycles. The molecular formula is C14H12ClN5O2. The molecule has 0 aliphatic carbocycles. The van der Waals surface area contributed by atoms with Gasteiger partial charge in [0, 0.05) is 5.56 Å². The summed E-state index contributed by atoms with van der Waals surface area (Å²) in [5.41, 5.74) is 1.28. The van der Waals surface area contributed by atoms with Crippen LogP contribution in [0.4, 0.5) is 5.95 Å². The highest BCUT2D eigenvalue weighted by Crippen LogP contribution is 2.11. The molecule has 0 fully saturated rings. The van der Waals surface area contributed by atoms with E-state index in [9.17, 15) is 9.59 Å². The van der Waals surface area contributed by atoms with Gasteiger partial charge >= 0.3 is 0 Å². The SMILES string of the molecule is Cc1ccccc1C(=O)Nc1nc2nc(C)c(Cl)c(=O)n2[nH]1. The van der Waals surface area contributed by atoms with Crippen LogP contribution in [0.25, 0.3) is 5.78 Å². The number of nitrogens with zero attached hydrogens (tertiary/aromatic N) is 3. The quantitative estimate of drug-likeness (QED) is 0.755. The summed E-state index contributed by atoms with van der Waals surface area (Å²) in [5.74, 6) is -0.0560. The van der Waals surface area contributed by atoms with Gasteiger partial charge in [-0.3, -0.25) is 20.0 Å². The van der Waals surface area contributed by atoms with E-state index in [0.29, 0.717) is 11.3 Å². The average molecular weight is 318 g/mol. The monoisotopic (exact) mass is 317 g/mol. The van der Waals surface area contributed by atoms with Crippen molar-refractivity contribution >= 4 is 29.2 Å². The van der Waals surface area contributed by atoms with Crippen molar-refractivity contribution in [3.63, 3.8) is 0 Å². The number of benzene rings is 1. The fourth-order valence-electron chi connectivity index (χ4n) is 2.06. The van der Waals surface area contributed by atoms with Crippen molar-refractivity contribution in [3.8, 4) is 0 Å². The second-order valence-electron chi connectivity index (χ2n) is 4.79. The zero-order chi connectivity index (χ0) is 15.9. The van der Waals surface area contributed by atoms with Gasteiger partial charge in [0.05, 0.1) is 5.69 Å². The molecule has 0 atom stereocenters. The summed E-state index contributed by atoms with van der Waals surface area (Å²) >= 11 is 5.86. The number of nitrogens with one attached hydrogen (secondary N) is 2. The highest BCUT2D eigenvalue weighted by Gasteiger charge is 2.14. The van der Waals surface area contributed by atoms with Gasteiger partial charge in [0.25, 0.3) is 17.2 Å². The number of aryl methyl sites for hydroxylation is 2. The molecule has 0 saturated carbocycles. The Labute approximate surface area is 130 Å². The molecule has 0 saturated heterocycles. The van der Waals surface area contributed by atoms with Gasteiger partial charge in [-0.2, -0.15) is 9.50 Å². The summed E-state index contributed by atoms with van der Waals surface area (Å²) in [6, 6.07) is 7.17. The molecule has 3 aromatic rings. The van der Waals surface area contributed by atoms with Crippen LogP contribution in [0.1, 0.15) is 21.6 Å². The van der Waals surface area contributed by atoms with E-state index >= 15 is 0 Å². The minimum Gasteiger partial charge on any atom is -0.291 e. The number of carbonyl (C=O) groups is 1. The molecule has 2 N–H and O–H groups in total. The van der Waals surface area contributed by atoms with E-state index in [-0.39, 0.29) is 22.7 Å². The number of carbonyl (C=O) groups excluding carboxylic acids is 1. The highest BCUT2D eigenvalue weighted by atomic mass is 35.5. The zero-order valence-electron chi connectivity index (χ0n) is 11.8. The molecule has 3 rings (SSSR count). The Kier molecular flexibility index (Phi) is 3.42. The van der Waals surface area contributed by atoms with Crippen LogP contribution in [0.15, 0.2) is 29.1 Å². The minimum absolute atomic E-state index is 0.0120. The van der Waals surface area contributed by atoms with Crippen molar-refractivity contribution in [1.82, 2.24) is 19.6 Å². The van der Waals surface area contributed by atoms with Crippen LogP contribution in [0.3, 0.4) is 0 Å². The number of fused-ring (bicyclic) bond motifs is 1. The predicted molar refractivity (Wildman–Crippen MR) is 82.5 cm³/mol. The summed E-state index contributed by atoms with van der Waals surface area (Å²) < 4.78 is 1.09. The fraction of sp³-hybridized carbons (Fsp3) is 0.143. The number of hydrogen-bond acceptors (Lipinski definition) is 4. The lowest BCUT2D eigenvalue weighted by molar-refractivity contribution is 0.102. The van der Waals surface area contributed by atoms with Crippen molar-refractivity contribution in [1.29, 1.82) is 0 Å². The Morgan fingerprint density at radius 2 is 2.00 bits per heavy atom. The number of rotatable bonds is 2. The first-order chi connectivity index (χ1) is 10.5. The number of halogens is 1.